The third kappa shape index (κ3) is 3.73. The molecule has 3 aromatic rings. The third-order valence-electron chi connectivity index (χ3n) is 4.17. The Hall–Kier alpha value is -3.18. The van der Waals surface area contributed by atoms with Gasteiger partial charge in [0.25, 0.3) is 0 Å². The van der Waals surface area contributed by atoms with Gasteiger partial charge in [0.05, 0.1) is 18.3 Å². The average molecular weight is 346 g/mol. The Balaban J connectivity index is 1.46. The molecule has 1 saturated heterocycles. The number of pyridine rings is 1. The molecule has 1 aliphatic heterocycles. The molecule has 5 heteroatoms. The Morgan fingerprint density at radius 3 is 2.42 bits per heavy atom. The molecule has 0 aliphatic carbocycles. The largest absolute Gasteiger partial charge is 0.457 e. The number of aromatic nitrogens is 1. The zero-order chi connectivity index (χ0) is 17.8. The number of ether oxygens (including phenoxy) is 2. The molecule has 2 heterocycles. The predicted molar refractivity (Wildman–Crippen MR) is 97.9 cm³/mol. The molecule has 26 heavy (non-hydrogen) atoms. The Bertz CT molecular complexity index is 877. The maximum Gasteiger partial charge on any atom is 0.246 e. The van der Waals surface area contributed by atoms with Gasteiger partial charge in [-0.2, -0.15) is 0 Å². The van der Waals surface area contributed by atoms with Gasteiger partial charge >= 0.3 is 0 Å². The van der Waals surface area contributed by atoms with E-state index in [9.17, 15) is 4.79 Å². The number of benzene rings is 2. The highest BCUT2D eigenvalue weighted by Crippen LogP contribution is 2.25. The lowest BCUT2D eigenvalue weighted by molar-refractivity contribution is -0.131. The Morgan fingerprint density at radius 2 is 1.73 bits per heavy atom. The molecule has 2 aromatic carbocycles. The van der Waals surface area contributed by atoms with E-state index >= 15 is 0 Å². The van der Waals surface area contributed by atoms with Crippen molar-refractivity contribution in [1.82, 2.24) is 10.3 Å². The van der Waals surface area contributed by atoms with Crippen LogP contribution in [-0.4, -0.2) is 24.1 Å². The molecule has 130 valence electrons. The van der Waals surface area contributed by atoms with Gasteiger partial charge in [0, 0.05) is 11.8 Å². The van der Waals surface area contributed by atoms with Crippen molar-refractivity contribution in [1.29, 1.82) is 0 Å². The summed E-state index contributed by atoms with van der Waals surface area (Å²) in [6.45, 7) is 0.595. The van der Waals surface area contributed by atoms with E-state index < -0.39 is 0 Å². The van der Waals surface area contributed by atoms with E-state index in [-0.39, 0.29) is 18.6 Å². The van der Waals surface area contributed by atoms with E-state index in [2.05, 4.69) is 10.3 Å². The van der Waals surface area contributed by atoms with E-state index in [1.54, 1.807) is 6.20 Å². The number of carbonyl (C=O) groups excluding carboxylic acids is 1. The molecule has 1 N–H and O–H groups in total. The van der Waals surface area contributed by atoms with E-state index in [0.717, 1.165) is 28.3 Å². The fraction of sp³-hybridized carbons (Fsp3) is 0.143. The van der Waals surface area contributed by atoms with Crippen molar-refractivity contribution >= 4 is 5.91 Å². The predicted octanol–water partition coefficient (Wildman–Crippen LogP) is 3.73. The summed E-state index contributed by atoms with van der Waals surface area (Å²) in [6.07, 6.45) is 1.78. The Labute approximate surface area is 151 Å². The maximum absolute atomic E-state index is 11.4. The molecule has 1 amide bonds. The molecule has 0 saturated carbocycles. The highest BCUT2D eigenvalue weighted by molar-refractivity contribution is 5.78. The van der Waals surface area contributed by atoms with Crippen LogP contribution in [0.15, 0.2) is 72.9 Å². The van der Waals surface area contributed by atoms with Crippen LogP contribution >= 0.6 is 0 Å². The van der Waals surface area contributed by atoms with Gasteiger partial charge in [-0.15, -0.1) is 0 Å². The number of nitrogens with one attached hydrogen (secondary N) is 1. The van der Waals surface area contributed by atoms with Crippen LogP contribution in [0.4, 0.5) is 0 Å². The second-order valence-corrected chi connectivity index (χ2v) is 6.05. The molecule has 1 atom stereocenters. The summed E-state index contributed by atoms with van der Waals surface area (Å²) >= 11 is 0. The van der Waals surface area contributed by atoms with Crippen molar-refractivity contribution in [3.8, 4) is 22.8 Å². The summed E-state index contributed by atoms with van der Waals surface area (Å²) in [5, 5.41) is 2.90. The second kappa shape index (κ2) is 7.37. The van der Waals surface area contributed by atoms with Crippen molar-refractivity contribution in [3.63, 3.8) is 0 Å². The molecule has 1 aromatic heterocycles. The molecule has 4 rings (SSSR count). The normalized spacial score (nSPS) is 16.8. The van der Waals surface area contributed by atoms with Gasteiger partial charge in [0.2, 0.25) is 5.91 Å². The van der Waals surface area contributed by atoms with Crippen LogP contribution in [0.25, 0.3) is 11.3 Å². The van der Waals surface area contributed by atoms with Crippen molar-refractivity contribution < 1.29 is 14.3 Å². The van der Waals surface area contributed by atoms with Gasteiger partial charge in [-0.1, -0.05) is 24.3 Å². The standard InChI is InChI=1S/C21H18N2O3/c24-21-14-25-13-20(23-21)16-8-11-19(22-12-16)15-6-9-18(10-7-15)26-17-4-2-1-3-5-17/h1-12,20H,13-14H2,(H,23,24). The topological polar surface area (TPSA) is 60.5 Å². The summed E-state index contributed by atoms with van der Waals surface area (Å²) in [5.74, 6) is 1.48. The van der Waals surface area contributed by atoms with Crippen LogP contribution in [-0.2, 0) is 9.53 Å². The summed E-state index contributed by atoms with van der Waals surface area (Å²) < 4.78 is 11.1. The Kier molecular flexibility index (Phi) is 4.62. The molecule has 1 aliphatic rings. The van der Waals surface area contributed by atoms with Crippen LogP contribution in [0.2, 0.25) is 0 Å². The summed E-state index contributed by atoms with van der Waals surface area (Å²) in [6, 6.07) is 21.3. The molecule has 0 radical (unpaired) electrons. The van der Waals surface area contributed by atoms with Gasteiger partial charge in [0.1, 0.15) is 18.1 Å². The first kappa shape index (κ1) is 16.3. The van der Waals surface area contributed by atoms with Gasteiger partial charge in [0.15, 0.2) is 0 Å². The lowest BCUT2D eigenvalue weighted by Gasteiger charge is -2.23. The SMILES string of the molecule is O=C1COCC(c2ccc(-c3ccc(Oc4ccccc4)cc3)nc2)N1. The van der Waals surface area contributed by atoms with Crippen molar-refractivity contribution in [2.75, 3.05) is 13.2 Å². The fourth-order valence-electron chi connectivity index (χ4n) is 2.83. The molecule has 1 fully saturated rings. The first-order valence-electron chi connectivity index (χ1n) is 8.44. The minimum absolute atomic E-state index is 0.0978. The lowest BCUT2D eigenvalue weighted by Crippen LogP contribution is -2.39. The van der Waals surface area contributed by atoms with E-state index in [1.165, 1.54) is 0 Å². The number of hydrogen-bond acceptors (Lipinski definition) is 4. The van der Waals surface area contributed by atoms with Crippen LogP contribution < -0.4 is 10.1 Å². The molecule has 1 unspecified atom stereocenters. The van der Waals surface area contributed by atoms with Crippen molar-refractivity contribution in [2.24, 2.45) is 0 Å². The minimum atomic E-state index is -0.139. The quantitative estimate of drug-likeness (QED) is 0.782. The number of para-hydroxylation sites is 1. The van der Waals surface area contributed by atoms with Gasteiger partial charge < -0.3 is 14.8 Å². The first-order chi connectivity index (χ1) is 12.8. The molecule has 0 spiro atoms. The Morgan fingerprint density at radius 1 is 0.962 bits per heavy atom. The molecular weight excluding hydrogens is 328 g/mol. The van der Waals surface area contributed by atoms with Crippen LogP contribution in [0.3, 0.4) is 0 Å². The lowest BCUT2D eigenvalue weighted by atomic mass is 10.1. The summed E-state index contributed by atoms with van der Waals surface area (Å²) in [7, 11) is 0. The van der Waals surface area contributed by atoms with Gasteiger partial charge in [-0.05, 0) is 48.0 Å². The second-order valence-electron chi connectivity index (χ2n) is 6.05. The van der Waals surface area contributed by atoms with Crippen molar-refractivity contribution in [2.45, 2.75) is 6.04 Å². The first-order valence-corrected chi connectivity index (χ1v) is 8.44. The number of hydrogen-bond donors (Lipinski definition) is 1. The smallest absolute Gasteiger partial charge is 0.246 e. The van der Waals surface area contributed by atoms with Crippen LogP contribution in [0.1, 0.15) is 11.6 Å². The van der Waals surface area contributed by atoms with Crippen molar-refractivity contribution in [3.05, 3.63) is 78.5 Å². The molecule has 5 nitrogen and oxygen atoms in total. The highest BCUT2D eigenvalue weighted by atomic mass is 16.5. The van der Waals surface area contributed by atoms with E-state index in [0.29, 0.717) is 6.61 Å². The minimum Gasteiger partial charge on any atom is -0.457 e. The van der Waals surface area contributed by atoms with E-state index in [1.807, 2.05) is 66.7 Å². The van der Waals surface area contributed by atoms with Gasteiger partial charge in [-0.3, -0.25) is 9.78 Å². The number of amides is 1. The zero-order valence-corrected chi connectivity index (χ0v) is 14.1. The number of morpholine rings is 1. The maximum atomic E-state index is 11.4. The van der Waals surface area contributed by atoms with Crippen LogP contribution in [0, 0.1) is 0 Å². The average Bonchev–Trinajstić information content (AvgIpc) is 2.70. The monoisotopic (exact) mass is 346 g/mol. The molecular formula is C21H18N2O3. The summed E-state index contributed by atoms with van der Waals surface area (Å²) in [4.78, 5) is 15.9. The highest BCUT2D eigenvalue weighted by Gasteiger charge is 2.20. The van der Waals surface area contributed by atoms with E-state index in [4.69, 9.17) is 9.47 Å². The number of carbonyl (C=O) groups is 1. The zero-order valence-electron chi connectivity index (χ0n) is 14.1. The summed E-state index contributed by atoms with van der Waals surface area (Å²) in [5.41, 5.74) is 2.80. The third-order valence-corrected chi connectivity index (χ3v) is 4.17. The molecule has 0 bridgehead atoms. The number of nitrogens with zero attached hydrogens (tertiary/aromatic N) is 1. The van der Waals surface area contributed by atoms with Crippen LogP contribution in [0.5, 0.6) is 11.5 Å². The fourth-order valence-corrected chi connectivity index (χ4v) is 2.83. The van der Waals surface area contributed by atoms with Gasteiger partial charge in [-0.25, -0.2) is 0 Å². The number of rotatable bonds is 4.